The second-order valence-corrected chi connectivity index (χ2v) is 11.2. The van der Waals surface area contributed by atoms with Gasteiger partial charge in [-0.15, -0.1) is 0 Å². The van der Waals surface area contributed by atoms with Crippen LogP contribution in [0.25, 0.3) is 44.3 Å². The first-order valence-electron chi connectivity index (χ1n) is 15.0. The number of carboxylic acid groups (broad SMARTS) is 1. The van der Waals surface area contributed by atoms with Gasteiger partial charge in [-0.05, 0) is 52.4 Å². The van der Waals surface area contributed by atoms with Crippen molar-refractivity contribution in [2.75, 3.05) is 0 Å². The number of hydrogen-bond donors (Lipinski definition) is 1. The first kappa shape index (κ1) is 27.4. The first-order valence-corrected chi connectivity index (χ1v) is 15.0. The van der Waals surface area contributed by atoms with Gasteiger partial charge in [0.1, 0.15) is 17.2 Å². The molecule has 216 valence electrons. The molecule has 2 aromatic heterocycles. The van der Waals surface area contributed by atoms with E-state index in [1.54, 1.807) is 0 Å². The molecule has 1 N–H and O–H groups in total. The molecule has 0 aliphatic carbocycles. The highest BCUT2D eigenvalue weighted by atomic mass is 16.4. The van der Waals surface area contributed by atoms with Gasteiger partial charge in [0.05, 0.1) is 11.0 Å². The number of hydrogen-bond acceptors (Lipinski definition) is 3. The highest BCUT2D eigenvalue weighted by Gasteiger charge is 2.17. The zero-order chi connectivity index (χ0) is 29.9. The summed E-state index contributed by atoms with van der Waals surface area (Å²) >= 11 is 0. The molecule has 0 bridgehead atoms. The summed E-state index contributed by atoms with van der Waals surface area (Å²) in [6.07, 6.45) is 2.11. The van der Waals surface area contributed by atoms with Crippen molar-refractivity contribution in [3.8, 4) is 22.3 Å². The van der Waals surface area contributed by atoms with Gasteiger partial charge in [0.15, 0.2) is 0 Å². The molecular formula is C39H32N2O3. The van der Waals surface area contributed by atoms with Crippen LogP contribution in [-0.2, 0) is 24.2 Å². The van der Waals surface area contributed by atoms with E-state index < -0.39 is 5.97 Å². The zero-order valence-corrected chi connectivity index (χ0v) is 24.3. The fourth-order valence-corrected chi connectivity index (χ4v) is 6.06. The van der Waals surface area contributed by atoms with E-state index in [0.717, 1.165) is 62.3 Å². The second kappa shape index (κ2) is 12.1. The summed E-state index contributed by atoms with van der Waals surface area (Å²) in [4.78, 5) is 16.2. The average molecular weight is 577 g/mol. The topological polar surface area (TPSA) is 68.3 Å². The van der Waals surface area contributed by atoms with Crippen LogP contribution in [0.15, 0.2) is 132 Å². The van der Waals surface area contributed by atoms with Crippen molar-refractivity contribution in [2.24, 2.45) is 0 Å². The van der Waals surface area contributed by atoms with E-state index in [1.165, 1.54) is 11.1 Å². The number of rotatable bonds is 10. The number of aromatic nitrogens is 2. The minimum absolute atomic E-state index is 0.133. The van der Waals surface area contributed by atoms with Crippen molar-refractivity contribution in [3.05, 3.63) is 150 Å². The third-order valence-corrected chi connectivity index (χ3v) is 8.19. The number of carbonyl (C=O) groups is 1. The molecule has 0 saturated carbocycles. The zero-order valence-electron chi connectivity index (χ0n) is 24.3. The van der Waals surface area contributed by atoms with E-state index in [4.69, 9.17) is 9.40 Å². The van der Waals surface area contributed by atoms with Crippen LogP contribution in [0.1, 0.15) is 35.6 Å². The van der Waals surface area contributed by atoms with Crippen LogP contribution in [0.4, 0.5) is 0 Å². The summed E-state index contributed by atoms with van der Waals surface area (Å²) in [5.74, 6) is 1.13. The van der Waals surface area contributed by atoms with Crippen LogP contribution >= 0.6 is 0 Å². The molecule has 0 saturated heterocycles. The largest absolute Gasteiger partial charge is 0.481 e. The van der Waals surface area contributed by atoms with E-state index >= 15 is 0 Å². The minimum atomic E-state index is -0.777. The number of benzene rings is 5. The Morgan fingerprint density at radius 3 is 2.07 bits per heavy atom. The fourth-order valence-electron chi connectivity index (χ4n) is 6.06. The number of nitrogens with zero attached hydrogens (tertiary/aromatic N) is 2. The Morgan fingerprint density at radius 1 is 0.705 bits per heavy atom. The van der Waals surface area contributed by atoms with Crippen LogP contribution in [-0.4, -0.2) is 20.6 Å². The third kappa shape index (κ3) is 5.64. The highest BCUT2D eigenvalue weighted by Crippen LogP contribution is 2.37. The van der Waals surface area contributed by atoms with E-state index in [1.807, 2.05) is 36.4 Å². The standard InChI is InChI=1S/C39H32N2O3/c42-38(43)16-9-23-41-34-22-21-31(26-33(34)40-37(41)25-28-12-5-2-6-13-28)29-17-19-30(20-18-29)39-32-14-7-8-15-35(32)44-36(39)24-27-10-3-1-4-11-27/h1-8,10-15,17-22,26H,9,16,23-25H2,(H,42,43). The van der Waals surface area contributed by atoms with Gasteiger partial charge in [-0.25, -0.2) is 4.98 Å². The molecule has 5 heteroatoms. The van der Waals surface area contributed by atoms with E-state index in [9.17, 15) is 9.90 Å². The maximum Gasteiger partial charge on any atom is 0.303 e. The summed E-state index contributed by atoms with van der Waals surface area (Å²) in [6, 6.07) is 44.0. The molecule has 7 aromatic rings. The van der Waals surface area contributed by atoms with E-state index in [0.29, 0.717) is 19.4 Å². The maximum absolute atomic E-state index is 11.2. The van der Waals surface area contributed by atoms with Gasteiger partial charge in [0.25, 0.3) is 0 Å². The summed E-state index contributed by atoms with van der Waals surface area (Å²) in [5.41, 5.74) is 9.69. The molecule has 7 rings (SSSR count). The van der Waals surface area contributed by atoms with Crippen molar-refractivity contribution >= 4 is 28.0 Å². The molecule has 0 spiro atoms. The molecule has 0 unspecified atom stereocenters. The summed E-state index contributed by atoms with van der Waals surface area (Å²) in [6.45, 7) is 0.614. The lowest BCUT2D eigenvalue weighted by molar-refractivity contribution is -0.137. The Kier molecular flexibility index (Phi) is 7.51. The van der Waals surface area contributed by atoms with Crippen LogP contribution in [0.3, 0.4) is 0 Å². The van der Waals surface area contributed by atoms with Crippen LogP contribution in [0, 0.1) is 0 Å². The summed E-state index contributed by atoms with van der Waals surface area (Å²) in [5, 5.41) is 10.3. The molecule has 2 heterocycles. The predicted octanol–water partition coefficient (Wildman–Crippen LogP) is 9.16. The number of imidazole rings is 1. The SMILES string of the molecule is O=C(O)CCCn1c(Cc2ccccc2)nc2cc(-c3ccc(-c4c(Cc5ccccc5)oc5ccccc45)cc3)ccc21. The maximum atomic E-state index is 11.2. The normalized spacial score (nSPS) is 11.4. The lowest BCUT2D eigenvalue weighted by Crippen LogP contribution is -2.06. The van der Waals surface area contributed by atoms with Crippen molar-refractivity contribution in [1.82, 2.24) is 9.55 Å². The Hall–Kier alpha value is -5.42. The molecule has 5 nitrogen and oxygen atoms in total. The van der Waals surface area contributed by atoms with Gasteiger partial charge in [-0.2, -0.15) is 0 Å². The Morgan fingerprint density at radius 2 is 1.34 bits per heavy atom. The number of aliphatic carboxylic acids is 1. The predicted molar refractivity (Wildman–Crippen MR) is 176 cm³/mol. The highest BCUT2D eigenvalue weighted by molar-refractivity contribution is 5.96. The number of aryl methyl sites for hydroxylation is 1. The monoisotopic (exact) mass is 576 g/mol. The fraction of sp³-hybridized carbons (Fsp3) is 0.128. The van der Waals surface area contributed by atoms with Gasteiger partial charge >= 0.3 is 5.97 Å². The van der Waals surface area contributed by atoms with Crippen LogP contribution in [0.5, 0.6) is 0 Å². The summed E-state index contributed by atoms with van der Waals surface area (Å²) in [7, 11) is 0. The molecule has 0 amide bonds. The Bertz CT molecular complexity index is 2060. The van der Waals surface area contributed by atoms with Gasteiger partial charge < -0.3 is 14.1 Å². The second-order valence-electron chi connectivity index (χ2n) is 11.2. The minimum Gasteiger partial charge on any atom is -0.481 e. The molecule has 0 fully saturated rings. The van der Waals surface area contributed by atoms with Crippen LogP contribution in [0.2, 0.25) is 0 Å². The van der Waals surface area contributed by atoms with E-state index in [-0.39, 0.29) is 6.42 Å². The smallest absolute Gasteiger partial charge is 0.303 e. The van der Waals surface area contributed by atoms with Crippen LogP contribution < -0.4 is 0 Å². The van der Waals surface area contributed by atoms with Gasteiger partial charge in [0.2, 0.25) is 0 Å². The quantitative estimate of drug-likeness (QED) is 0.176. The average Bonchev–Trinajstić information content (AvgIpc) is 3.58. The van der Waals surface area contributed by atoms with Crippen molar-refractivity contribution in [1.29, 1.82) is 0 Å². The van der Waals surface area contributed by atoms with Crippen molar-refractivity contribution < 1.29 is 14.3 Å². The van der Waals surface area contributed by atoms with E-state index in [2.05, 4.69) is 95.6 Å². The Labute approximate surface area is 256 Å². The number of fused-ring (bicyclic) bond motifs is 2. The molecule has 0 aliphatic rings. The molecule has 0 radical (unpaired) electrons. The molecule has 44 heavy (non-hydrogen) atoms. The van der Waals surface area contributed by atoms with Crippen molar-refractivity contribution in [3.63, 3.8) is 0 Å². The molecular weight excluding hydrogens is 544 g/mol. The first-order chi connectivity index (χ1) is 21.6. The number of para-hydroxylation sites is 1. The van der Waals surface area contributed by atoms with Crippen molar-refractivity contribution in [2.45, 2.75) is 32.2 Å². The molecule has 0 aliphatic heterocycles. The van der Waals surface area contributed by atoms with Gasteiger partial charge in [0, 0.05) is 36.8 Å². The summed E-state index contributed by atoms with van der Waals surface area (Å²) < 4.78 is 8.55. The Balaban J connectivity index is 1.22. The number of furan rings is 1. The third-order valence-electron chi connectivity index (χ3n) is 8.19. The lowest BCUT2D eigenvalue weighted by Gasteiger charge is -2.09. The number of carboxylic acids is 1. The molecule has 5 aromatic carbocycles. The lowest BCUT2D eigenvalue weighted by atomic mass is 9.96. The van der Waals surface area contributed by atoms with Gasteiger partial charge in [-0.3, -0.25) is 4.79 Å². The molecule has 0 atom stereocenters. The van der Waals surface area contributed by atoms with Gasteiger partial charge in [-0.1, -0.05) is 109 Å².